The molecule has 0 fully saturated rings. The molecule has 1 heterocycles. The Labute approximate surface area is 53.6 Å². The van der Waals surface area contributed by atoms with E-state index in [-0.39, 0.29) is 0 Å². The van der Waals surface area contributed by atoms with Crippen molar-refractivity contribution in [1.82, 2.24) is 0 Å². The third-order valence-electron chi connectivity index (χ3n) is 1.02. The first-order chi connectivity index (χ1) is 3.83. The van der Waals surface area contributed by atoms with E-state index in [9.17, 15) is 0 Å². The Morgan fingerprint density at radius 2 is 2.62 bits per heavy atom. The summed E-state index contributed by atoms with van der Waals surface area (Å²) in [5, 5.41) is 0.391. The minimum absolute atomic E-state index is 0.391. The summed E-state index contributed by atoms with van der Waals surface area (Å²) < 4.78 is 4.88. The average molecular weight is 129 g/mol. The SMILES string of the molecule is CCC1=NC(=S)OC1. The third kappa shape index (κ3) is 1.04. The van der Waals surface area contributed by atoms with Crippen LogP contribution in [0.1, 0.15) is 13.3 Å². The standard InChI is InChI=1S/C5H7NOS/c1-2-4-3-7-5(8)6-4/h2-3H2,1H3. The molecular formula is C5H7NOS. The largest absolute Gasteiger partial charge is 0.463 e. The molecule has 3 heteroatoms. The summed E-state index contributed by atoms with van der Waals surface area (Å²) in [6.45, 7) is 2.64. The quantitative estimate of drug-likeness (QED) is 0.495. The van der Waals surface area contributed by atoms with Gasteiger partial charge in [0, 0.05) is 0 Å². The Morgan fingerprint density at radius 1 is 1.88 bits per heavy atom. The molecule has 0 aromatic carbocycles. The molecule has 0 unspecified atom stereocenters. The first kappa shape index (κ1) is 5.69. The molecule has 0 saturated heterocycles. The van der Waals surface area contributed by atoms with Crippen LogP contribution in [0.2, 0.25) is 0 Å². The van der Waals surface area contributed by atoms with Crippen LogP contribution >= 0.6 is 12.2 Å². The molecule has 0 spiro atoms. The van der Waals surface area contributed by atoms with Crippen molar-refractivity contribution in [1.29, 1.82) is 0 Å². The first-order valence-corrected chi connectivity index (χ1v) is 2.97. The smallest absolute Gasteiger partial charge is 0.283 e. The number of nitrogens with zero attached hydrogens (tertiary/aromatic N) is 1. The predicted octanol–water partition coefficient (Wildman–Crippen LogP) is 1.15. The zero-order valence-corrected chi connectivity index (χ0v) is 5.49. The monoisotopic (exact) mass is 129 g/mol. The predicted molar refractivity (Wildman–Crippen MR) is 36.3 cm³/mol. The molecule has 1 aliphatic rings. The van der Waals surface area contributed by atoms with Gasteiger partial charge >= 0.3 is 0 Å². The van der Waals surface area contributed by atoms with Gasteiger partial charge in [-0.2, -0.15) is 0 Å². The second-order valence-electron chi connectivity index (χ2n) is 1.59. The van der Waals surface area contributed by atoms with Crippen LogP contribution in [0.3, 0.4) is 0 Å². The second-order valence-corrected chi connectivity index (χ2v) is 1.94. The highest BCUT2D eigenvalue weighted by atomic mass is 32.1. The fourth-order valence-electron chi connectivity index (χ4n) is 0.520. The van der Waals surface area contributed by atoms with E-state index in [2.05, 4.69) is 17.2 Å². The summed E-state index contributed by atoms with van der Waals surface area (Å²) in [6.07, 6.45) is 0.945. The van der Waals surface area contributed by atoms with Gasteiger partial charge < -0.3 is 4.74 Å². The maximum absolute atomic E-state index is 4.88. The molecule has 0 N–H and O–H groups in total. The third-order valence-corrected chi connectivity index (χ3v) is 1.23. The molecule has 8 heavy (non-hydrogen) atoms. The summed E-state index contributed by atoms with van der Waals surface area (Å²) in [6, 6.07) is 0. The molecule has 0 atom stereocenters. The van der Waals surface area contributed by atoms with Gasteiger partial charge in [0.05, 0.1) is 5.71 Å². The van der Waals surface area contributed by atoms with Gasteiger partial charge in [-0.1, -0.05) is 6.92 Å². The Morgan fingerprint density at radius 3 is 2.88 bits per heavy atom. The van der Waals surface area contributed by atoms with Crippen LogP contribution in [0.25, 0.3) is 0 Å². The van der Waals surface area contributed by atoms with Crippen LogP contribution in [0.5, 0.6) is 0 Å². The summed E-state index contributed by atoms with van der Waals surface area (Å²) in [5.74, 6) is 0. The van der Waals surface area contributed by atoms with Crippen molar-refractivity contribution >= 4 is 23.1 Å². The molecule has 0 aromatic rings. The van der Waals surface area contributed by atoms with Crippen molar-refractivity contribution in [3.05, 3.63) is 0 Å². The highest BCUT2D eigenvalue weighted by molar-refractivity contribution is 7.80. The van der Waals surface area contributed by atoms with Crippen molar-refractivity contribution in [3.8, 4) is 0 Å². The van der Waals surface area contributed by atoms with Gasteiger partial charge in [0.25, 0.3) is 5.17 Å². The zero-order chi connectivity index (χ0) is 5.98. The Kier molecular flexibility index (Phi) is 1.58. The van der Waals surface area contributed by atoms with Crippen molar-refractivity contribution in [2.75, 3.05) is 6.61 Å². The average Bonchev–Trinajstić information content (AvgIpc) is 2.14. The Hall–Kier alpha value is -0.440. The van der Waals surface area contributed by atoms with Crippen molar-refractivity contribution in [2.24, 2.45) is 4.99 Å². The number of hydrogen-bond donors (Lipinski definition) is 0. The highest BCUT2D eigenvalue weighted by Crippen LogP contribution is 1.99. The summed E-state index contributed by atoms with van der Waals surface area (Å²) >= 11 is 4.65. The zero-order valence-electron chi connectivity index (χ0n) is 4.68. The van der Waals surface area contributed by atoms with E-state index in [0.29, 0.717) is 11.8 Å². The molecule has 0 aromatic heterocycles. The fourth-order valence-corrected chi connectivity index (χ4v) is 0.708. The van der Waals surface area contributed by atoms with Crippen molar-refractivity contribution < 1.29 is 4.74 Å². The molecule has 1 rings (SSSR count). The number of ether oxygens (including phenoxy) is 1. The van der Waals surface area contributed by atoms with E-state index in [1.807, 2.05) is 6.92 Å². The van der Waals surface area contributed by atoms with Gasteiger partial charge in [-0.25, -0.2) is 4.99 Å². The molecular weight excluding hydrogens is 122 g/mol. The van der Waals surface area contributed by atoms with Crippen molar-refractivity contribution in [3.63, 3.8) is 0 Å². The molecule has 2 nitrogen and oxygen atoms in total. The topological polar surface area (TPSA) is 21.6 Å². The molecule has 0 radical (unpaired) electrons. The summed E-state index contributed by atoms with van der Waals surface area (Å²) in [7, 11) is 0. The molecule has 0 saturated carbocycles. The van der Waals surface area contributed by atoms with Crippen LogP contribution in [0.15, 0.2) is 4.99 Å². The second kappa shape index (κ2) is 2.22. The first-order valence-electron chi connectivity index (χ1n) is 2.56. The van der Waals surface area contributed by atoms with E-state index >= 15 is 0 Å². The van der Waals surface area contributed by atoms with Gasteiger partial charge in [0.1, 0.15) is 6.61 Å². The van der Waals surface area contributed by atoms with Crippen LogP contribution in [0.4, 0.5) is 0 Å². The Bertz CT molecular complexity index is 141. The molecule has 0 bridgehead atoms. The van der Waals surface area contributed by atoms with Crippen molar-refractivity contribution in [2.45, 2.75) is 13.3 Å². The summed E-state index contributed by atoms with van der Waals surface area (Å²) in [5.41, 5.74) is 1.05. The van der Waals surface area contributed by atoms with Gasteiger partial charge in [-0.15, -0.1) is 0 Å². The van der Waals surface area contributed by atoms with Crippen LogP contribution in [-0.4, -0.2) is 17.5 Å². The van der Waals surface area contributed by atoms with Gasteiger partial charge in [0.15, 0.2) is 0 Å². The maximum Gasteiger partial charge on any atom is 0.283 e. The lowest BCUT2D eigenvalue weighted by atomic mass is 10.3. The van der Waals surface area contributed by atoms with Crippen LogP contribution in [0, 0.1) is 0 Å². The molecule has 1 aliphatic heterocycles. The fraction of sp³-hybridized carbons (Fsp3) is 0.600. The number of thiocarbonyl (C=S) groups is 1. The van der Waals surface area contributed by atoms with Gasteiger partial charge in [0.2, 0.25) is 0 Å². The van der Waals surface area contributed by atoms with Crippen LogP contribution in [-0.2, 0) is 4.74 Å². The van der Waals surface area contributed by atoms with Gasteiger partial charge in [-0.3, -0.25) is 0 Å². The molecule has 44 valence electrons. The van der Waals surface area contributed by atoms with E-state index in [0.717, 1.165) is 12.1 Å². The lowest BCUT2D eigenvalue weighted by Gasteiger charge is -1.87. The Balaban J connectivity index is 2.57. The molecule has 0 amide bonds. The lowest BCUT2D eigenvalue weighted by Crippen LogP contribution is -1.96. The minimum atomic E-state index is 0.391. The number of rotatable bonds is 1. The lowest BCUT2D eigenvalue weighted by molar-refractivity contribution is 0.383. The van der Waals surface area contributed by atoms with E-state index in [1.165, 1.54) is 0 Å². The van der Waals surface area contributed by atoms with E-state index in [1.54, 1.807) is 0 Å². The minimum Gasteiger partial charge on any atom is -0.463 e. The highest BCUT2D eigenvalue weighted by Gasteiger charge is 2.07. The summed E-state index contributed by atoms with van der Waals surface area (Å²) in [4.78, 5) is 3.93. The van der Waals surface area contributed by atoms with E-state index < -0.39 is 0 Å². The number of aliphatic imine (C=N–C) groups is 1. The number of hydrogen-bond acceptors (Lipinski definition) is 2. The normalized spacial score (nSPS) is 18.1. The maximum atomic E-state index is 4.88. The molecule has 0 aliphatic carbocycles. The van der Waals surface area contributed by atoms with E-state index in [4.69, 9.17) is 4.74 Å². The van der Waals surface area contributed by atoms with Crippen LogP contribution < -0.4 is 0 Å². The van der Waals surface area contributed by atoms with Gasteiger partial charge in [-0.05, 0) is 18.6 Å².